The van der Waals surface area contributed by atoms with Crippen molar-refractivity contribution >= 4 is 5.91 Å². The Kier molecular flexibility index (Phi) is 5.51. The van der Waals surface area contributed by atoms with Gasteiger partial charge in [-0.15, -0.1) is 0 Å². The lowest BCUT2D eigenvalue weighted by molar-refractivity contribution is -0.135. The highest BCUT2D eigenvalue weighted by molar-refractivity contribution is 5.82. The summed E-state index contributed by atoms with van der Waals surface area (Å²) in [7, 11) is 3.47. The van der Waals surface area contributed by atoms with E-state index in [2.05, 4.69) is 11.8 Å². The molecule has 30 heavy (non-hydrogen) atoms. The Labute approximate surface area is 175 Å². The first-order chi connectivity index (χ1) is 14.4. The Balaban J connectivity index is 1.79. The van der Waals surface area contributed by atoms with Crippen LogP contribution >= 0.6 is 0 Å². The van der Waals surface area contributed by atoms with Crippen LogP contribution in [0, 0.1) is 17.7 Å². The maximum Gasteiger partial charge on any atom is 0.258 e. The number of likely N-dealkylation sites (N-methyl/N-ethyl adjacent to an activating group) is 1. The van der Waals surface area contributed by atoms with Crippen LogP contribution in [0.2, 0.25) is 0 Å². The number of nitrogens with zero attached hydrogens (tertiary/aromatic N) is 3. The minimum atomic E-state index is -0.397. The van der Waals surface area contributed by atoms with Gasteiger partial charge in [0.2, 0.25) is 5.91 Å². The minimum Gasteiger partial charge on any atom is -0.396 e. The van der Waals surface area contributed by atoms with E-state index in [1.165, 1.54) is 12.1 Å². The van der Waals surface area contributed by atoms with Gasteiger partial charge in [-0.3, -0.25) is 14.5 Å². The van der Waals surface area contributed by atoms with Crippen molar-refractivity contribution in [2.24, 2.45) is 11.8 Å². The van der Waals surface area contributed by atoms with Crippen molar-refractivity contribution in [3.05, 3.63) is 58.3 Å². The number of likely N-dealkylation sites (tertiary alicyclic amines) is 1. The minimum absolute atomic E-state index is 0.0119. The smallest absolute Gasteiger partial charge is 0.258 e. The fourth-order valence-electron chi connectivity index (χ4n) is 5.24. The van der Waals surface area contributed by atoms with Gasteiger partial charge < -0.3 is 14.6 Å². The Morgan fingerprint density at radius 2 is 2.03 bits per heavy atom. The summed E-state index contributed by atoms with van der Waals surface area (Å²) < 4.78 is 15.4. The second-order valence-electron chi connectivity index (χ2n) is 8.47. The highest BCUT2D eigenvalue weighted by Gasteiger charge is 2.55. The monoisotopic (exact) mass is 413 g/mol. The summed E-state index contributed by atoms with van der Waals surface area (Å²) in [5.74, 6) is -0.657. The van der Waals surface area contributed by atoms with E-state index in [4.69, 9.17) is 0 Å². The summed E-state index contributed by atoms with van der Waals surface area (Å²) in [4.78, 5) is 30.0. The number of carbonyl (C=O) groups excluding carboxylic acids is 1. The van der Waals surface area contributed by atoms with Gasteiger partial charge in [0.1, 0.15) is 5.82 Å². The van der Waals surface area contributed by atoms with E-state index in [1.807, 2.05) is 6.07 Å². The first kappa shape index (κ1) is 20.8. The van der Waals surface area contributed by atoms with E-state index in [9.17, 15) is 19.1 Å². The predicted molar refractivity (Wildman–Crippen MR) is 112 cm³/mol. The average molecular weight is 413 g/mol. The van der Waals surface area contributed by atoms with Crippen molar-refractivity contribution < 1.29 is 14.3 Å². The van der Waals surface area contributed by atoms with Crippen molar-refractivity contribution in [2.45, 2.75) is 32.0 Å². The van der Waals surface area contributed by atoms with Crippen LogP contribution in [0.3, 0.4) is 0 Å². The number of aliphatic hydroxyl groups is 1. The summed E-state index contributed by atoms with van der Waals surface area (Å²) >= 11 is 0. The lowest BCUT2D eigenvalue weighted by Gasteiger charge is -2.32. The molecular weight excluding hydrogens is 385 g/mol. The summed E-state index contributed by atoms with van der Waals surface area (Å²) in [5, 5.41) is 10.2. The van der Waals surface area contributed by atoms with Crippen LogP contribution < -0.4 is 5.56 Å². The van der Waals surface area contributed by atoms with Gasteiger partial charge in [0.05, 0.1) is 12.1 Å². The Hall–Kier alpha value is -2.51. The third-order valence-corrected chi connectivity index (χ3v) is 6.50. The summed E-state index contributed by atoms with van der Waals surface area (Å²) in [6, 6.07) is 9.24. The van der Waals surface area contributed by atoms with Crippen LogP contribution in [0.5, 0.6) is 0 Å². The molecule has 0 spiro atoms. The number of hydrogen-bond acceptors (Lipinski definition) is 4. The molecule has 6 nitrogen and oxygen atoms in total. The summed E-state index contributed by atoms with van der Waals surface area (Å²) in [6.07, 6.45) is 0.865. The molecule has 2 aliphatic rings. The van der Waals surface area contributed by atoms with Crippen molar-refractivity contribution in [1.29, 1.82) is 0 Å². The van der Waals surface area contributed by atoms with E-state index < -0.39 is 6.04 Å². The number of fused-ring (bicyclic) bond motifs is 3. The zero-order chi connectivity index (χ0) is 21.6. The van der Waals surface area contributed by atoms with Gasteiger partial charge in [-0.2, -0.15) is 0 Å². The molecule has 4 rings (SSSR count). The van der Waals surface area contributed by atoms with E-state index in [0.717, 1.165) is 12.1 Å². The average Bonchev–Trinajstić information content (AvgIpc) is 3.23. The van der Waals surface area contributed by atoms with Crippen molar-refractivity contribution in [1.82, 2.24) is 14.4 Å². The molecule has 1 fully saturated rings. The molecular formula is C23H28FN3O3. The van der Waals surface area contributed by atoms with Gasteiger partial charge in [0, 0.05) is 50.3 Å². The highest BCUT2D eigenvalue weighted by Crippen LogP contribution is 2.49. The largest absolute Gasteiger partial charge is 0.396 e. The molecule has 0 unspecified atom stereocenters. The number of aliphatic hydroxyl groups excluding tert-OH is 1. The fourth-order valence-corrected chi connectivity index (χ4v) is 5.24. The second kappa shape index (κ2) is 7.96. The quantitative estimate of drug-likeness (QED) is 0.816. The van der Waals surface area contributed by atoms with Crippen molar-refractivity contribution in [3.8, 4) is 11.1 Å². The van der Waals surface area contributed by atoms with Gasteiger partial charge in [0.25, 0.3) is 5.56 Å². The van der Waals surface area contributed by atoms with Crippen LogP contribution in [0.4, 0.5) is 4.39 Å². The van der Waals surface area contributed by atoms with Gasteiger partial charge in [-0.05, 0) is 42.8 Å². The van der Waals surface area contributed by atoms with Gasteiger partial charge >= 0.3 is 0 Å². The molecule has 0 bridgehead atoms. The highest BCUT2D eigenvalue weighted by atomic mass is 19.1. The van der Waals surface area contributed by atoms with Gasteiger partial charge in [-0.1, -0.05) is 19.1 Å². The second-order valence-corrected chi connectivity index (χ2v) is 8.47. The molecule has 1 amide bonds. The van der Waals surface area contributed by atoms with Crippen molar-refractivity contribution in [2.75, 3.05) is 27.2 Å². The first-order valence-corrected chi connectivity index (χ1v) is 10.5. The van der Waals surface area contributed by atoms with Crippen LogP contribution in [-0.4, -0.2) is 58.7 Å². The number of amides is 1. The standard InChI is InChI=1S/C23H28FN3O3/c1-4-10-26-20-17(18(13-28)21(26)23(30)25(2)3)12-27-19(20)9-8-16(22(27)29)14-6-5-7-15(24)11-14/h5-9,11,17-18,20-21,28H,4,10,12-13H2,1-3H3/t17-,18-,20+,21-/m1/s1. The SMILES string of the molecule is CCCN1[C@@H]2c3ccc(-c4cccc(F)c4)c(=O)n3C[C@@H]2[C@@H](CO)[C@@H]1C(=O)N(C)C. The first-order valence-electron chi connectivity index (χ1n) is 10.5. The molecule has 160 valence electrons. The molecule has 3 heterocycles. The zero-order valence-corrected chi connectivity index (χ0v) is 17.6. The maximum absolute atomic E-state index is 13.7. The lowest BCUT2D eigenvalue weighted by atomic mass is 9.88. The van der Waals surface area contributed by atoms with Crippen LogP contribution in [0.1, 0.15) is 25.1 Å². The van der Waals surface area contributed by atoms with Gasteiger partial charge in [-0.25, -0.2) is 4.39 Å². The molecule has 7 heteroatoms. The molecule has 0 aliphatic carbocycles. The Morgan fingerprint density at radius 1 is 1.27 bits per heavy atom. The lowest BCUT2D eigenvalue weighted by Crippen LogP contribution is -2.48. The number of rotatable bonds is 5. The van der Waals surface area contributed by atoms with Crippen LogP contribution in [0.15, 0.2) is 41.2 Å². The number of carbonyl (C=O) groups is 1. The predicted octanol–water partition coefficient (Wildman–Crippen LogP) is 2.12. The molecule has 2 aliphatic heterocycles. The Morgan fingerprint density at radius 3 is 2.67 bits per heavy atom. The Bertz CT molecular complexity index is 1020. The maximum atomic E-state index is 13.7. The molecule has 1 saturated heterocycles. The number of benzene rings is 1. The number of pyridine rings is 1. The van der Waals surface area contributed by atoms with Crippen LogP contribution in [-0.2, 0) is 11.3 Å². The van der Waals surface area contributed by atoms with Crippen LogP contribution in [0.25, 0.3) is 11.1 Å². The zero-order valence-electron chi connectivity index (χ0n) is 17.6. The molecule has 1 N–H and O–H groups in total. The van der Waals surface area contributed by atoms with E-state index in [1.54, 1.807) is 41.8 Å². The molecule has 0 radical (unpaired) electrons. The summed E-state index contributed by atoms with van der Waals surface area (Å²) in [6.45, 7) is 3.12. The molecule has 2 aromatic rings. The number of halogens is 1. The molecule has 4 atom stereocenters. The van der Waals surface area contributed by atoms with Crippen molar-refractivity contribution in [3.63, 3.8) is 0 Å². The number of aromatic nitrogens is 1. The fraction of sp³-hybridized carbons (Fsp3) is 0.478. The molecule has 0 saturated carbocycles. The third kappa shape index (κ3) is 3.17. The van der Waals surface area contributed by atoms with E-state index in [-0.39, 0.29) is 41.8 Å². The topological polar surface area (TPSA) is 65.8 Å². The third-order valence-electron chi connectivity index (χ3n) is 6.50. The van der Waals surface area contributed by atoms with E-state index in [0.29, 0.717) is 24.2 Å². The van der Waals surface area contributed by atoms with Gasteiger partial charge in [0.15, 0.2) is 0 Å². The summed E-state index contributed by atoms with van der Waals surface area (Å²) in [5.41, 5.74) is 1.72. The number of hydrogen-bond donors (Lipinski definition) is 1. The van der Waals surface area contributed by atoms with E-state index >= 15 is 0 Å². The normalized spacial score (nSPS) is 25.2. The molecule has 1 aromatic heterocycles. The molecule has 1 aromatic carbocycles.